The smallest absolute Gasteiger partial charge is 0.148 e. The number of benzene rings is 1. The molecule has 0 amide bonds. The lowest BCUT2D eigenvalue weighted by Crippen LogP contribution is -2.02. The Labute approximate surface area is 111 Å². The summed E-state index contributed by atoms with van der Waals surface area (Å²) >= 11 is 6.09. The molecule has 1 heterocycles. The first-order valence-corrected chi connectivity index (χ1v) is 6.06. The first kappa shape index (κ1) is 12.5. The Bertz CT molecular complexity index is 583. The van der Waals surface area contributed by atoms with Gasteiger partial charge in [0, 0.05) is 30.4 Å². The second kappa shape index (κ2) is 5.56. The highest BCUT2D eigenvalue weighted by molar-refractivity contribution is 6.31. The molecule has 0 radical (unpaired) electrons. The number of aromatic nitrogens is 2. The van der Waals surface area contributed by atoms with Crippen LogP contribution < -0.4 is 5.32 Å². The van der Waals surface area contributed by atoms with Gasteiger partial charge < -0.3 is 5.32 Å². The molecule has 0 saturated carbocycles. The lowest BCUT2D eigenvalue weighted by Gasteiger charge is -2.05. The van der Waals surface area contributed by atoms with Crippen LogP contribution in [0.5, 0.6) is 0 Å². The molecule has 0 aliphatic rings. The van der Waals surface area contributed by atoms with Crippen LogP contribution in [-0.4, -0.2) is 9.78 Å². The van der Waals surface area contributed by atoms with E-state index in [1.54, 1.807) is 12.1 Å². The molecule has 5 heteroatoms. The molecule has 0 spiro atoms. The van der Waals surface area contributed by atoms with Crippen molar-refractivity contribution in [3.63, 3.8) is 0 Å². The standard InChI is InChI=1S/C13H13ClN4/c1-2-18-6-5-13(17-18)16-9-11-4-3-10(8-15)7-12(11)14/h3-7H,2,9H2,1H3,(H,16,17). The third-order valence-electron chi connectivity index (χ3n) is 2.61. The van der Waals surface area contributed by atoms with Crippen molar-refractivity contribution in [2.24, 2.45) is 0 Å². The molecular weight excluding hydrogens is 248 g/mol. The number of nitriles is 1. The molecule has 0 bridgehead atoms. The number of halogens is 1. The van der Waals surface area contributed by atoms with Crippen molar-refractivity contribution in [1.82, 2.24) is 9.78 Å². The molecule has 0 fully saturated rings. The average molecular weight is 261 g/mol. The molecule has 92 valence electrons. The Hall–Kier alpha value is -1.99. The van der Waals surface area contributed by atoms with Crippen molar-refractivity contribution in [2.75, 3.05) is 5.32 Å². The van der Waals surface area contributed by atoms with Crippen LogP contribution in [0, 0.1) is 11.3 Å². The van der Waals surface area contributed by atoms with Crippen LogP contribution in [0.1, 0.15) is 18.1 Å². The summed E-state index contributed by atoms with van der Waals surface area (Å²) in [5.74, 6) is 0.817. The van der Waals surface area contributed by atoms with Crippen LogP contribution >= 0.6 is 11.6 Å². The van der Waals surface area contributed by atoms with Gasteiger partial charge in [0.2, 0.25) is 0 Å². The van der Waals surface area contributed by atoms with Gasteiger partial charge in [0.1, 0.15) is 5.82 Å². The molecule has 0 aliphatic carbocycles. The molecule has 0 unspecified atom stereocenters. The van der Waals surface area contributed by atoms with Crippen molar-refractivity contribution in [2.45, 2.75) is 20.0 Å². The SMILES string of the molecule is CCn1ccc(NCc2ccc(C#N)cc2Cl)n1. The summed E-state index contributed by atoms with van der Waals surface area (Å²) in [5, 5.41) is 16.9. The van der Waals surface area contributed by atoms with Gasteiger partial charge in [-0.2, -0.15) is 10.4 Å². The number of nitrogens with zero attached hydrogens (tertiary/aromatic N) is 3. The van der Waals surface area contributed by atoms with Crippen molar-refractivity contribution >= 4 is 17.4 Å². The summed E-state index contributed by atoms with van der Waals surface area (Å²) < 4.78 is 1.85. The molecule has 18 heavy (non-hydrogen) atoms. The number of hydrogen-bond donors (Lipinski definition) is 1. The molecule has 0 saturated heterocycles. The van der Waals surface area contributed by atoms with Gasteiger partial charge in [0.25, 0.3) is 0 Å². The lowest BCUT2D eigenvalue weighted by atomic mass is 10.1. The molecule has 0 aliphatic heterocycles. The Morgan fingerprint density at radius 1 is 1.44 bits per heavy atom. The molecule has 1 N–H and O–H groups in total. The summed E-state index contributed by atoms with van der Waals surface area (Å²) in [4.78, 5) is 0. The highest BCUT2D eigenvalue weighted by Crippen LogP contribution is 2.18. The van der Waals surface area contributed by atoms with E-state index in [0.717, 1.165) is 17.9 Å². The van der Waals surface area contributed by atoms with Crippen LogP contribution in [0.15, 0.2) is 30.5 Å². The Morgan fingerprint density at radius 2 is 2.28 bits per heavy atom. The molecule has 2 aromatic rings. The van der Waals surface area contributed by atoms with E-state index in [2.05, 4.69) is 16.5 Å². The Morgan fingerprint density at radius 3 is 2.89 bits per heavy atom. The maximum atomic E-state index is 8.75. The van der Waals surface area contributed by atoms with E-state index in [-0.39, 0.29) is 0 Å². The molecule has 1 aromatic carbocycles. The van der Waals surface area contributed by atoms with E-state index in [1.807, 2.05) is 29.9 Å². The summed E-state index contributed by atoms with van der Waals surface area (Å²) in [7, 11) is 0. The Kier molecular flexibility index (Phi) is 3.85. The van der Waals surface area contributed by atoms with Gasteiger partial charge in [-0.25, -0.2) is 0 Å². The summed E-state index contributed by atoms with van der Waals surface area (Å²) in [6.45, 7) is 3.47. The molecule has 1 aromatic heterocycles. The van der Waals surface area contributed by atoms with Gasteiger partial charge in [-0.15, -0.1) is 0 Å². The number of aryl methyl sites for hydroxylation is 1. The zero-order valence-corrected chi connectivity index (χ0v) is 10.8. The van der Waals surface area contributed by atoms with Crippen molar-refractivity contribution < 1.29 is 0 Å². The minimum absolute atomic E-state index is 0.569. The predicted molar refractivity (Wildman–Crippen MR) is 71.4 cm³/mol. The number of nitrogens with one attached hydrogen (secondary N) is 1. The van der Waals surface area contributed by atoms with Crippen LogP contribution in [0.4, 0.5) is 5.82 Å². The van der Waals surface area contributed by atoms with Crippen molar-refractivity contribution in [3.8, 4) is 6.07 Å². The van der Waals surface area contributed by atoms with Gasteiger partial charge in [-0.1, -0.05) is 17.7 Å². The highest BCUT2D eigenvalue weighted by atomic mass is 35.5. The zero-order chi connectivity index (χ0) is 13.0. The van der Waals surface area contributed by atoms with Crippen molar-refractivity contribution in [1.29, 1.82) is 5.26 Å². The van der Waals surface area contributed by atoms with E-state index in [4.69, 9.17) is 16.9 Å². The third kappa shape index (κ3) is 2.82. The van der Waals surface area contributed by atoms with Crippen LogP contribution in [0.3, 0.4) is 0 Å². The summed E-state index contributed by atoms with van der Waals surface area (Å²) in [6.07, 6.45) is 1.92. The third-order valence-corrected chi connectivity index (χ3v) is 2.96. The predicted octanol–water partition coefficient (Wildman–Crippen LogP) is 3.04. The molecule has 0 atom stereocenters. The zero-order valence-electron chi connectivity index (χ0n) is 10.0. The highest BCUT2D eigenvalue weighted by Gasteiger charge is 2.03. The van der Waals surface area contributed by atoms with Gasteiger partial charge in [-0.3, -0.25) is 4.68 Å². The first-order chi connectivity index (χ1) is 8.72. The number of rotatable bonds is 4. The molecular formula is C13H13ClN4. The quantitative estimate of drug-likeness (QED) is 0.919. The van der Waals surface area contributed by atoms with E-state index in [1.165, 1.54) is 0 Å². The fraction of sp³-hybridized carbons (Fsp3) is 0.231. The normalized spacial score (nSPS) is 10.1. The van der Waals surface area contributed by atoms with Crippen molar-refractivity contribution in [3.05, 3.63) is 46.6 Å². The maximum absolute atomic E-state index is 8.75. The minimum Gasteiger partial charge on any atom is -0.364 e. The van der Waals surface area contributed by atoms with E-state index < -0.39 is 0 Å². The molecule has 4 nitrogen and oxygen atoms in total. The van der Waals surface area contributed by atoms with Gasteiger partial charge in [0.05, 0.1) is 11.6 Å². The van der Waals surface area contributed by atoms with Crippen LogP contribution in [0.25, 0.3) is 0 Å². The van der Waals surface area contributed by atoms with E-state index in [9.17, 15) is 0 Å². The monoisotopic (exact) mass is 260 g/mol. The average Bonchev–Trinajstić information content (AvgIpc) is 2.85. The Balaban J connectivity index is 2.04. The summed E-state index contributed by atoms with van der Waals surface area (Å²) in [5.41, 5.74) is 1.51. The fourth-order valence-corrected chi connectivity index (χ4v) is 1.83. The second-order valence-corrected chi connectivity index (χ2v) is 4.24. The maximum Gasteiger partial charge on any atom is 0.148 e. The first-order valence-electron chi connectivity index (χ1n) is 5.68. The largest absolute Gasteiger partial charge is 0.364 e. The summed E-state index contributed by atoms with van der Waals surface area (Å²) in [6, 6.07) is 9.26. The van der Waals surface area contributed by atoms with E-state index in [0.29, 0.717) is 17.1 Å². The van der Waals surface area contributed by atoms with Gasteiger partial charge in [0.15, 0.2) is 0 Å². The molecule has 2 rings (SSSR count). The van der Waals surface area contributed by atoms with Gasteiger partial charge in [-0.05, 0) is 24.6 Å². The fourth-order valence-electron chi connectivity index (χ4n) is 1.58. The minimum atomic E-state index is 0.569. The van der Waals surface area contributed by atoms with Crippen LogP contribution in [0.2, 0.25) is 5.02 Å². The topological polar surface area (TPSA) is 53.6 Å². The van der Waals surface area contributed by atoms with E-state index >= 15 is 0 Å². The lowest BCUT2D eigenvalue weighted by molar-refractivity contribution is 0.661. The second-order valence-electron chi connectivity index (χ2n) is 3.83. The number of hydrogen-bond acceptors (Lipinski definition) is 3. The number of anilines is 1. The van der Waals surface area contributed by atoms with Crippen LogP contribution in [-0.2, 0) is 13.1 Å². The van der Waals surface area contributed by atoms with Gasteiger partial charge >= 0.3 is 0 Å².